The molecule has 1 aromatic rings. The van der Waals surface area contributed by atoms with Gasteiger partial charge in [0, 0.05) is 6.04 Å². The summed E-state index contributed by atoms with van der Waals surface area (Å²) in [4.78, 5) is 10.6. The van der Waals surface area contributed by atoms with Gasteiger partial charge < -0.3 is 19.9 Å². The van der Waals surface area contributed by atoms with E-state index >= 15 is 0 Å². The van der Waals surface area contributed by atoms with E-state index < -0.39 is 5.97 Å². The Balaban J connectivity index is 1.92. The van der Waals surface area contributed by atoms with Crippen LogP contribution in [0, 0.1) is 0 Å². The van der Waals surface area contributed by atoms with E-state index in [2.05, 4.69) is 5.32 Å². The van der Waals surface area contributed by atoms with E-state index in [1.54, 1.807) is 6.07 Å². The number of carboxylic acids is 1. The van der Waals surface area contributed by atoms with Crippen LogP contribution in [0.4, 0.5) is 0 Å². The maximum atomic E-state index is 10.6. The van der Waals surface area contributed by atoms with Crippen LogP contribution in [0.3, 0.4) is 0 Å². The SMILES string of the molecule is CC(NC1CC(O)C1)c1ccc(C(=O)O)o1. The zero-order valence-electron chi connectivity index (χ0n) is 9.01. The second-order valence-corrected chi connectivity index (χ2v) is 4.22. The fraction of sp³-hybridized carbons (Fsp3) is 0.545. The molecule has 5 heteroatoms. The molecular formula is C11H15NO4. The number of carbonyl (C=O) groups is 1. The number of aliphatic hydroxyl groups excluding tert-OH is 1. The van der Waals surface area contributed by atoms with Gasteiger partial charge in [-0.2, -0.15) is 0 Å². The third-order valence-electron chi connectivity index (χ3n) is 2.86. The average molecular weight is 225 g/mol. The Morgan fingerprint density at radius 1 is 1.56 bits per heavy atom. The number of hydrogen-bond acceptors (Lipinski definition) is 4. The van der Waals surface area contributed by atoms with Crippen LogP contribution in [-0.2, 0) is 0 Å². The molecule has 1 aliphatic carbocycles. The highest BCUT2D eigenvalue weighted by molar-refractivity contribution is 5.84. The Labute approximate surface area is 93.1 Å². The van der Waals surface area contributed by atoms with Gasteiger partial charge in [0.25, 0.3) is 0 Å². The van der Waals surface area contributed by atoms with Crippen molar-refractivity contribution in [3.05, 3.63) is 23.7 Å². The predicted octanol–water partition coefficient (Wildman–Crippen LogP) is 1.15. The third kappa shape index (κ3) is 2.25. The van der Waals surface area contributed by atoms with Gasteiger partial charge in [-0.25, -0.2) is 4.79 Å². The smallest absolute Gasteiger partial charge is 0.371 e. The summed E-state index contributed by atoms with van der Waals surface area (Å²) in [5, 5.41) is 21.1. The van der Waals surface area contributed by atoms with Crippen molar-refractivity contribution >= 4 is 5.97 Å². The van der Waals surface area contributed by atoms with Gasteiger partial charge in [0.2, 0.25) is 5.76 Å². The van der Waals surface area contributed by atoms with Crippen LogP contribution < -0.4 is 5.32 Å². The quantitative estimate of drug-likeness (QED) is 0.716. The van der Waals surface area contributed by atoms with Crippen LogP contribution in [0.25, 0.3) is 0 Å². The molecular weight excluding hydrogens is 210 g/mol. The summed E-state index contributed by atoms with van der Waals surface area (Å²) in [6.07, 6.45) is 1.30. The number of rotatable bonds is 4. The average Bonchev–Trinajstić information content (AvgIpc) is 2.63. The Kier molecular flexibility index (Phi) is 2.98. The first-order chi connectivity index (χ1) is 7.56. The zero-order valence-corrected chi connectivity index (χ0v) is 9.01. The fourth-order valence-electron chi connectivity index (χ4n) is 1.86. The van der Waals surface area contributed by atoms with Gasteiger partial charge in [0.15, 0.2) is 0 Å². The molecule has 0 saturated heterocycles. The molecule has 1 heterocycles. The van der Waals surface area contributed by atoms with Crippen molar-refractivity contribution in [2.75, 3.05) is 0 Å². The van der Waals surface area contributed by atoms with E-state index in [-0.39, 0.29) is 17.9 Å². The molecule has 88 valence electrons. The number of carboxylic acid groups (broad SMARTS) is 1. The number of furan rings is 1. The lowest BCUT2D eigenvalue weighted by molar-refractivity contribution is 0.0570. The lowest BCUT2D eigenvalue weighted by Crippen LogP contribution is -2.44. The summed E-state index contributed by atoms with van der Waals surface area (Å²) < 4.78 is 5.18. The minimum absolute atomic E-state index is 0.0365. The maximum Gasteiger partial charge on any atom is 0.371 e. The highest BCUT2D eigenvalue weighted by Gasteiger charge is 2.28. The van der Waals surface area contributed by atoms with Gasteiger partial charge in [-0.15, -0.1) is 0 Å². The first kappa shape index (κ1) is 11.2. The second-order valence-electron chi connectivity index (χ2n) is 4.22. The van der Waals surface area contributed by atoms with Crippen molar-refractivity contribution in [2.45, 2.75) is 38.0 Å². The third-order valence-corrected chi connectivity index (χ3v) is 2.86. The van der Waals surface area contributed by atoms with Crippen molar-refractivity contribution in [2.24, 2.45) is 0 Å². The molecule has 2 rings (SSSR count). The molecule has 1 aliphatic rings. The summed E-state index contributed by atoms with van der Waals surface area (Å²) >= 11 is 0. The van der Waals surface area contributed by atoms with Gasteiger partial charge in [-0.05, 0) is 31.9 Å². The van der Waals surface area contributed by atoms with E-state index in [1.165, 1.54) is 6.07 Å². The molecule has 1 fully saturated rings. The summed E-state index contributed by atoms with van der Waals surface area (Å²) in [5.41, 5.74) is 0. The van der Waals surface area contributed by atoms with E-state index in [9.17, 15) is 4.79 Å². The predicted molar refractivity (Wildman–Crippen MR) is 56.2 cm³/mol. The lowest BCUT2D eigenvalue weighted by Gasteiger charge is -2.34. The van der Waals surface area contributed by atoms with E-state index in [1.807, 2.05) is 6.92 Å². The molecule has 0 spiro atoms. The van der Waals surface area contributed by atoms with Gasteiger partial charge in [0.05, 0.1) is 12.1 Å². The van der Waals surface area contributed by atoms with Crippen LogP contribution in [0.1, 0.15) is 42.1 Å². The summed E-state index contributed by atoms with van der Waals surface area (Å²) in [5.74, 6) is -0.492. The van der Waals surface area contributed by atoms with Gasteiger partial charge >= 0.3 is 5.97 Å². The number of hydrogen-bond donors (Lipinski definition) is 3. The molecule has 5 nitrogen and oxygen atoms in total. The molecule has 1 unspecified atom stereocenters. The molecule has 0 aliphatic heterocycles. The maximum absolute atomic E-state index is 10.6. The highest BCUT2D eigenvalue weighted by Crippen LogP contribution is 2.24. The topological polar surface area (TPSA) is 82.7 Å². The molecule has 1 aromatic heterocycles. The number of aromatic carboxylic acids is 1. The minimum Gasteiger partial charge on any atom is -0.475 e. The van der Waals surface area contributed by atoms with Crippen LogP contribution in [0.2, 0.25) is 0 Å². The van der Waals surface area contributed by atoms with Crippen LogP contribution in [-0.4, -0.2) is 28.3 Å². The first-order valence-electron chi connectivity index (χ1n) is 5.33. The molecule has 0 bridgehead atoms. The molecule has 0 radical (unpaired) electrons. The number of aliphatic hydroxyl groups is 1. The van der Waals surface area contributed by atoms with Gasteiger partial charge in [-0.3, -0.25) is 0 Å². The Morgan fingerprint density at radius 2 is 2.25 bits per heavy atom. The summed E-state index contributed by atoms with van der Waals surface area (Å²) in [7, 11) is 0. The summed E-state index contributed by atoms with van der Waals surface area (Å²) in [6, 6.07) is 3.37. The molecule has 0 amide bonds. The van der Waals surface area contributed by atoms with Crippen LogP contribution in [0.15, 0.2) is 16.5 Å². The largest absolute Gasteiger partial charge is 0.475 e. The van der Waals surface area contributed by atoms with Crippen molar-refractivity contribution in [3.63, 3.8) is 0 Å². The Morgan fingerprint density at radius 3 is 2.75 bits per heavy atom. The van der Waals surface area contributed by atoms with E-state index in [4.69, 9.17) is 14.6 Å². The molecule has 3 N–H and O–H groups in total. The monoisotopic (exact) mass is 225 g/mol. The van der Waals surface area contributed by atoms with Crippen molar-refractivity contribution in [1.82, 2.24) is 5.32 Å². The molecule has 0 aromatic carbocycles. The first-order valence-corrected chi connectivity index (χ1v) is 5.33. The minimum atomic E-state index is -1.06. The summed E-state index contributed by atoms with van der Waals surface area (Å²) in [6.45, 7) is 1.91. The van der Waals surface area contributed by atoms with E-state index in [0.29, 0.717) is 11.8 Å². The van der Waals surface area contributed by atoms with E-state index in [0.717, 1.165) is 12.8 Å². The number of nitrogens with one attached hydrogen (secondary N) is 1. The Bertz CT molecular complexity index is 381. The standard InChI is InChI=1S/C11H15NO4/c1-6(12-7-4-8(13)5-7)9-2-3-10(16-9)11(14)15/h2-3,6-8,12-13H,4-5H2,1H3,(H,14,15). The normalized spacial score (nSPS) is 26.1. The molecule has 1 saturated carbocycles. The van der Waals surface area contributed by atoms with Gasteiger partial charge in [0.1, 0.15) is 5.76 Å². The molecule has 16 heavy (non-hydrogen) atoms. The van der Waals surface area contributed by atoms with Crippen LogP contribution in [0.5, 0.6) is 0 Å². The van der Waals surface area contributed by atoms with Crippen LogP contribution >= 0.6 is 0 Å². The van der Waals surface area contributed by atoms with Gasteiger partial charge in [-0.1, -0.05) is 0 Å². The van der Waals surface area contributed by atoms with Crippen molar-refractivity contribution < 1.29 is 19.4 Å². The zero-order chi connectivity index (χ0) is 11.7. The molecule has 1 atom stereocenters. The van der Waals surface area contributed by atoms with Crippen molar-refractivity contribution in [1.29, 1.82) is 0 Å². The fourth-order valence-corrected chi connectivity index (χ4v) is 1.86. The lowest BCUT2D eigenvalue weighted by atomic mass is 9.89. The van der Waals surface area contributed by atoms with Crippen molar-refractivity contribution in [3.8, 4) is 0 Å². The Hall–Kier alpha value is -1.33. The second kappa shape index (κ2) is 4.27. The highest BCUT2D eigenvalue weighted by atomic mass is 16.4.